The van der Waals surface area contributed by atoms with Crippen LogP contribution in [0.5, 0.6) is 0 Å². The predicted molar refractivity (Wildman–Crippen MR) is 60.8 cm³/mol. The molecule has 2 N–H and O–H groups in total. The summed E-state index contributed by atoms with van der Waals surface area (Å²) in [6.45, 7) is 2.96. The fraction of sp³-hybridized carbons (Fsp3) is 0.909. The number of ether oxygens (including phenoxy) is 1. The highest BCUT2D eigenvalue weighted by Gasteiger charge is 2.24. The van der Waals surface area contributed by atoms with Gasteiger partial charge in [0.1, 0.15) is 0 Å². The summed E-state index contributed by atoms with van der Waals surface area (Å²) in [5.41, 5.74) is 5.95. The lowest BCUT2D eigenvalue weighted by molar-refractivity contribution is 0.118. The third-order valence-corrected chi connectivity index (χ3v) is 3.20. The van der Waals surface area contributed by atoms with Crippen molar-refractivity contribution < 1.29 is 4.74 Å². The number of methoxy groups -OCH3 is 1. The first-order valence-electron chi connectivity index (χ1n) is 5.86. The van der Waals surface area contributed by atoms with Crippen LogP contribution in [0.4, 0.5) is 0 Å². The van der Waals surface area contributed by atoms with Crippen molar-refractivity contribution in [3.8, 4) is 0 Å². The van der Waals surface area contributed by atoms with E-state index in [9.17, 15) is 0 Å². The molecule has 15 heavy (non-hydrogen) atoms. The summed E-state index contributed by atoms with van der Waals surface area (Å²) in [6, 6.07) is 0.529. The summed E-state index contributed by atoms with van der Waals surface area (Å²) in [4.78, 5) is 6.69. The molecule has 4 heteroatoms. The highest BCUT2D eigenvalue weighted by Crippen LogP contribution is 2.24. The molecule has 0 atom stereocenters. The molecule has 0 amide bonds. The third kappa shape index (κ3) is 3.09. The molecule has 1 aliphatic carbocycles. The Morgan fingerprint density at radius 3 is 2.53 bits per heavy atom. The fourth-order valence-corrected chi connectivity index (χ4v) is 2.04. The summed E-state index contributed by atoms with van der Waals surface area (Å²) < 4.78 is 5.17. The van der Waals surface area contributed by atoms with Crippen molar-refractivity contribution in [1.29, 1.82) is 0 Å². The zero-order chi connectivity index (χ0) is 10.7. The molecule has 86 valence electrons. The number of hydrogen-bond acceptors (Lipinski definition) is 2. The van der Waals surface area contributed by atoms with Gasteiger partial charge in [0, 0.05) is 26.8 Å². The average Bonchev–Trinajstić information content (AvgIpc) is 3.03. The van der Waals surface area contributed by atoms with Gasteiger partial charge in [0.25, 0.3) is 0 Å². The van der Waals surface area contributed by atoms with E-state index in [-0.39, 0.29) is 0 Å². The standard InChI is InChI=1S/C11H21N3O/c1-15-8-9-4-6-14(7-5-9)11(12)13-10-2-3-10/h9-10H,2-8H2,1H3,(H2,12,13). The molecular formula is C11H21N3O. The largest absolute Gasteiger partial charge is 0.384 e. The van der Waals surface area contributed by atoms with Crippen LogP contribution in [0.1, 0.15) is 25.7 Å². The van der Waals surface area contributed by atoms with Gasteiger partial charge in [-0.1, -0.05) is 0 Å². The van der Waals surface area contributed by atoms with Crippen LogP contribution in [0.25, 0.3) is 0 Å². The first-order chi connectivity index (χ1) is 7.29. The predicted octanol–water partition coefficient (Wildman–Crippen LogP) is 0.822. The van der Waals surface area contributed by atoms with Crippen LogP contribution >= 0.6 is 0 Å². The molecule has 0 bridgehead atoms. The van der Waals surface area contributed by atoms with Crippen LogP contribution in [-0.2, 0) is 4.74 Å². The second kappa shape index (κ2) is 4.84. The molecule has 0 radical (unpaired) electrons. The Morgan fingerprint density at radius 2 is 2.00 bits per heavy atom. The Kier molecular flexibility index (Phi) is 3.46. The topological polar surface area (TPSA) is 50.9 Å². The van der Waals surface area contributed by atoms with Crippen LogP contribution in [0.3, 0.4) is 0 Å². The molecule has 2 aliphatic rings. The maximum atomic E-state index is 5.95. The number of likely N-dealkylation sites (tertiary alicyclic amines) is 1. The van der Waals surface area contributed by atoms with Crippen molar-refractivity contribution in [2.24, 2.45) is 16.6 Å². The van der Waals surface area contributed by atoms with Gasteiger partial charge in [0.15, 0.2) is 5.96 Å². The van der Waals surface area contributed by atoms with Gasteiger partial charge in [-0.25, -0.2) is 4.99 Å². The van der Waals surface area contributed by atoms with Crippen molar-refractivity contribution in [2.75, 3.05) is 26.8 Å². The fourth-order valence-electron chi connectivity index (χ4n) is 2.04. The van der Waals surface area contributed by atoms with Gasteiger partial charge in [-0.15, -0.1) is 0 Å². The molecule has 0 aromatic carbocycles. The summed E-state index contributed by atoms with van der Waals surface area (Å²) in [5.74, 6) is 1.47. The van der Waals surface area contributed by atoms with Gasteiger partial charge < -0.3 is 15.4 Å². The van der Waals surface area contributed by atoms with Crippen LogP contribution < -0.4 is 5.73 Å². The summed E-state index contributed by atoms with van der Waals surface area (Å²) in [7, 11) is 1.77. The van der Waals surface area contributed by atoms with Gasteiger partial charge in [-0.3, -0.25) is 0 Å². The van der Waals surface area contributed by atoms with E-state index >= 15 is 0 Å². The lowest BCUT2D eigenvalue weighted by Crippen LogP contribution is -2.43. The second-order valence-corrected chi connectivity index (χ2v) is 4.60. The van der Waals surface area contributed by atoms with Crippen molar-refractivity contribution in [2.45, 2.75) is 31.7 Å². The highest BCUT2D eigenvalue weighted by molar-refractivity contribution is 5.78. The molecule has 0 aromatic rings. The van der Waals surface area contributed by atoms with Crippen LogP contribution in [0, 0.1) is 5.92 Å². The highest BCUT2D eigenvalue weighted by atomic mass is 16.5. The summed E-state index contributed by atoms with van der Waals surface area (Å²) in [6.07, 6.45) is 4.80. The lowest BCUT2D eigenvalue weighted by Gasteiger charge is -2.32. The molecule has 1 aliphatic heterocycles. The Morgan fingerprint density at radius 1 is 1.33 bits per heavy atom. The van der Waals surface area contributed by atoms with Gasteiger partial charge >= 0.3 is 0 Å². The molecule has 1 saturated carbocycles. The molecular weight excluding hydrogens is 190 g/mol. The summed E-state index contributed by atoms with van der Waals surface area (Å²) in [5, 5.41) is 0. The molecule has 0 unspecified atom stereocenters. The maximum Gasteiger partial charge on any atom is 0.191 e. The monoisotopic (exact) mass is 211 g/mol. The Hall–Kier alpha value is -0.770. The number of aliphatic imine (C=N–C) groups is 1. The molecule has 2 rings (SSSR count). The van der Waals surface area contributed by atoms with Crippen molar-refractivity contribution in [1.82, 2.24) is 4.90 Å². The smallest absolute Gasteiger partial charge is 0.191 e. The minimum Gasteiger partial charge on any atom is -0.384 e. The normalized spacial score (nSPS) is 24.6. The van der Waals surface area contributed by atoms with Gasteiger partial charge in [-0.05, 0) is 31.6 Å². The first-order valence-corrected chi connectivity index (χ1v) is 5.86. The molecule has 1 heterocycles. The van der Waals surface area contributed by atoms with E-state index in [1.807, 2.05) is 0 Å². The van der Waals surface area contributed by atoms with Gasteiger partial charge in [0.05, 0.1) is 6.04 Å². The maximum absolute atomic E-state index is 5.95. The quantitative estimate of drug-likeness (QED) is 0.555. The van der Waals surface area contributed by atoms with E-state index in [2.05, 4.69) is 9.89 Å². The Bertz CT molecular complexity index is 230. The van der Waals surface area contributed by atoms with Crippen LogP contribution in [0.15, 0.2) is 4.99 Å². The molecule has 1 saturated heterocycles. The number of hydrogen-bond donors (Lipinski definition) is 1. The van der Waals surface area contributed by atoms with E-state index in [1.54, 1.807) is 7.11 Å². The first kappa shape index (κ1) is 10.7. The third-order valence-electron chi connectivity index (χ3n) is 3.20. The molecule has 0 aromatic heterocycles. The SMILES string of the molecule is COCC1CCN(C(N)=NC2CC2)CC1. The van der Waals surface area contributed by atoms with Crippen LogP contribution in [-0.4, -0.2) is 43.7 Å². The van der Waals surface area contributed by atoms with Gasteiger partial charge in [-0.2, -0.15) is 0 Å². The Balaban J connectivity index is 1.76. The number of rotatable bonds is 3. The summed E-state index contributed by atoms with van der Waals surface area (Å²) >= 11 is 0. The van der Waals surface area contributed by atoms with E-state index in [4.69, 9.17) is 10.5 Å². The molecule has 2 fully saturated rings. The van der Waals surface area contributed by atoms with E-state index < -0.39 is 0 Å². The van der Waals surface area contributed by atoms with E-state index in [1.165, 1.54) is 25.7 Å². The lowest BCUT2D eigenvalue weighted by atomic mass is 9.98. The van der Waals surface area contributed by atoms with E-state index in [0.717, 1.165) is 25.7 Å². The van der Waals surface area contributed by atoms with Crippen molar-refractivity contribution in [3.63, 3.8) is 0 Å². The van der Waals surface area contributed by atoms with Crippen LogP contribution in [0.2, 0.25) is 0 Å². The zero-order valence-electron chi connectivity index (χ0n) is 9.48. The number of guanidine groups is 1. The van der Waals surface area contributed by atoms with Gasteiger partial charge in [0.2, 0.25) is 0 Å². The minimum atomic E-state index is 0.529. The van der Waals surface area contributed by atoms with Crippen molar-refractivity contribution >= 4 is 5.96 Å². The average molecular weight is 211 g/mol. The molecule has 4 nitrogen and oxygen atoms in total. The Labute approximate surface area is 91.5 Å². The van der Waals surface area contributed by atoms with Crippen molar-refractivity contribution in [3.05, 3.63) is 0 Å². The minimum absolute atomic E-state index is 0.529. The van der Waals surface area contributed by atoms with E-state index in [0.29, 0.717) is 12.0 Å². The number of nitrogens with zero attached hydrogens (tertiary/aromatic N) is 2. The number of piperidine rings is 1. The molecule has 0 spiro atoms. The number of nitrogens with two attached hydrogens (primary N) is 1. The second-order valence-electron chi connectivity index (χ2n) is 4.60. The zero-order valence-corrected chi connectivity index (χ0v) is 9.48.